The summed E-state index contributed by atoms with van der Waals surface area (Å²) in [7, 11) is 1.65. The molecule has 1 amide bonds. The second-order valence-electron chi connectivity index (χ2n) is 10.7. The van der Waals surface area contributed by atoms with Crippen molar-refractivity contribution < 1.29 is 14.3 Å². The van der Waals surface area contributed by atoms with E-state index in [1.807, 2.05) is 113 Å². The zero-order valence-electron chi connectivity index (χ0n) is 23.8. The van der Waals surface area contributed by atoms with Crippen molar-refractivity contribution in [3.8, 4) is 28.4 Å². The molecule has 5 aromatic rings. The van der Waals surface area contributed by atoms with Crippen molar-refractivity contribution in [3.05, 3.63) is 137 Å². The third kappa shape index (κ3) is 4.36. The molecule has 1 aromatic heterocycles. The van der Waals surface area contributed by atoms with Crippen LogP contribution in [0, 0.1) is 0 Å². The van der Waals surface area contributed by atoms with E-state index in [4.69, 9.17) is 19.7 Å². The first-order valence-corrected chi connectivity index (χ1v) is 15.1. The number of nitrogens with one attached hydrogen (secondary N) is 1. The molecule has 1 fully saturated rings. The van der Waals surface area contributed by atoms with Crippen LogP contribution in [0.1, 0.15) is 29.2 Å². The molecule has 8 rings (SSSR count). The Kier molecular flexibility index (Phi) is 6.27. The topological polar surface area (TPSA) is 81.0 Å². The van der Waals surface area contributed by atoms with Crippen molar-refractivity contribution in [1.82, 2.24) is 20.1 Å². The van der Waals surface area contributed by atoms with Crippen LogP contribution in [0.25, 0.3) is 23.0 Å². The number of carbonyl (C=O) groups is 1. The zero-order chi connectivity index (χ0) is 29.7. The van der Waals surface area contributed by atoms with Gasteiger partial charge in [-0.15, -0.1) is 0 Å². The molecule has 0 bridgehead atoms. The van der Waals surface area contributed by atoms with Gasteiger partial charge in [0.2, 0.25) is 0 Å². The highest BCUT2D eigenvalue weighted by Gasteiger charge is 2.58. The summed E-state index contributed by atoms with van der Waals surface area (Å²) < 4.78 is 14.0. The molecule has 3 aliphatic heterocycles. The number of nitrogens with zero attached hydrogens (tertiary/aromatic N) is 4. The second kappa shape index (κ2) is 10.5. The van der Waals surface area contributed by atoms with E-state index in [0.717, 1.165) is 62.6 Å². The molecule has 9 heteroatoms. The molecule has 0 saturated carbocycles. The van der Waals surface area contributed by atoms with Crippen molar-refractivity contribution in [2.24, 2.45) is 5.10 Å². The van der Waals surface area contributed by atoms with Crippen molar-refractivity contribution in [3.63, 3.8) is 0 Å². The van der Waals surface area contributed by atoms with Gasteiger partial charge in [-0.25, -0.2) is 9.69 Å². The van der Waals surface area contributed by atoms with E-state index in [2.05, 4.69) is 23.5 Å². The van der Waals surface area contributed by atoms with E-state index in [-0.39, 0.29) is 11.3 Å². The van der Waals surface area contributed by atoms with Crippen LogP contribution in [-0.2, 0) is 0 Å². The number of hydrogen-bond acceptors (Lipinski definition) is 7. The monoisotopic (exact) mass is 597 g/mol. The van der Waals surface area contributed by atoms with Crippen molar-refractivity contribution >= 4 is 28.8 Å². The fraction of sp³-hybridized carbons (Fsp3) is 0.114. The summed E-state index contributed by atoms with van der Waals surface area (Å²) in [6.45, 7) is 0. The number of benzene rings is 4. The number of fused-ring (bicyclic) bond motifs is 4. The average Bonchev–Trinajstić information content (AvgIpc) is 3.79. The lowest BCUT2D eigenvalue weighted by Gasteiger charge is -2.45. The highest BCUT2D eigenvalue weighted by Crippen LogP contribution is 2.53. The van der Waals surface area contributed by atoms with Crippen LogP contribution in [0.3, 0.4) is 0 Å². The van der Waals surface area contributed by atoms with Crippen LogP contribution in [0.15, 0.2) is 125 Å². The van der Waals surface area contributed by atoms with Crippen molar-refractivity contribution in [2.75, 3.05) is 7.11 Å². The molecule has 8 nitrogen and oxygen atoms in total. The van der Waals surface area contributed by atoms with E-state index in [9.17, 15) is 4.79 Å². The predicted molar refractivity (Wildman–Crippen MR) is 172 cm³/mol. The molecule has 4 heterocycles. The second-order valence-corrected chi connectivity index (χ2v) is 11.7. The number of hydrazone groups is 1. The molecule has 4 aromatic carbocycles. The van der Waals surface area contributed by atoms with Gasteiger partial charge in [0.15, 0.2) is 0 Å². The molecule has 44 heavy (non-hydrogen) atoms. The number of para-hydroxylation sites is 2. The van der Waals surface area contributed by atoms with Gasteiger partial charge in [0.05, 0.1) is 35.1 Å². The molecular formula is C35H27N5O3S. The standard InChI is InChI=1S/C35H27N5O3S/c1-42-27-18-16-24(17-19-27)33-25(22-39(38-33)26-12-6-3-7-13-26)20-32-35(36-34(41)44-32)40-30(28-14-8-9-15-31(28)43-35)21-29(37-40)23-10-4-2-5-11-23/h2-20,22,30H,21H2,1H3,(H,36,41). The summed E-state index contributed by atoms with van der Waals surface area (Å²) in [4.78, 5) is 13.9. The predicted octanol–water partition coefficient (Wildman–Crippen LogP) is 7.24. The lowest BCUT2D eigenvalue weighted by Crippen LogP contribution is -2.61. The normalized spacial score (nSPS) is 21.1. The third-order valence-corrected chi connectivity index (χ3v) is 9.00. The van der Waals surface area contributed by atoms with Gasteiger partial charge in [0.1, 0.15) is 11.5 Å². The third-order valence-electron chi connectivity index (χ3n) is 8.10. The molecular weight excluding hydrogens is 570 g/mol. The maximum absolute atomic E-state index is 13.2. The van der Waals surface area contributed by atoms with Gasteiger partial charge in [-0.2, -0.15) is 10.2 Å². The van der Waals surface area contributed by atoms with Gasteiger partial charge >= 0.3 is 5.85 Å². The quantitative estimate of drug-likeness (QED) is 0.230. The Morgan fingerprint density at radius 3 is 2.43 bits per heavy atom. The summed E-state index contributed by atoms with van der Waals surface area (Å²) in [6, 6.07) is 35.8. The maximum atomic E-state index is 13.2. The SMILES string of the molecule is COc1ccc(-c2nn(-c3ccccc3)cc2C=C2SC(=O)NC23Oc2ccccc2C2CC(c4ccccc4)=NN23)cc1. The molecule has 2 unspecified atom stereocenters. The molecule has 1 spiro atoms. The van der Waals surface area contributed by atoms with Gasteiger partial charge in [0, 0.05) is 29.3 Å². The van der Waals surface area contributed by atoms with Crippen molar-refractivity contribution in [1.29, 1.82) is 0 Å². The minimum atomic E-state index is -1.32. The highest BCUT2D eigenvalue weighted by atomic mass is 32.2. The van der Waals surface area contributed by atoms with E-state index < -0.39 is 5.85 Å². The van der Waals surface area contributed by atoms with Gasteiger partial charge in [0.25, 0.3) is 5.24 Å². The largest absolute Gasteiger partial charge is 0.497 e. The summed E-state index contributed by atoms with van der Waals surface area (Å²) in [5.41, 5.74) is 6.47. The van der Waals surface area contributed by atoms with Crippen LogP contribution in [0.4, 0.5) is 4.79 Å². The lowest BCUT2D eigenvalue weighted by molar-refractivity contribution is -0.0949. The summed E-state index contributed by atoms with van der Waals surface area (Å²) in [5.74, 6) is 0.170. The van der Waals surface area contributed by atoms with Crippen LogP contribution < -0.4 is 14.8 Å². The highest BCUT2D eigenvalue weighted by molar-refractivity contribution is 8.17. The smallest absolute Gasteiger partial charge is 0.314 e. The molecule has 1 saturated heterocycles. The summed E-state index contributed by atoms with van der Waals surface area (Å²) >= 11 is 1.12. The van der Waals surface area contributed by atoms with Gasteiger partial charge < -0.3 is 9.47 Å². The summed E-state index contributed by atoms with van der Waals surface area (Å²) in [6.07, 6.45) is 4.66. The number of carbonyl (C=O) groups excluding carboxylic acids is 1. The first-order chi connectivity index (χ1) is 21.6. The molecule has 3 aliphatic rings. The first-order valence-electron chi connectivity index (χ1n) is 14.3. The Morgan fingerprint density at radius 2 is 1.66 bits per heavy atom. The van der Waals surface area contributed by atoms with E-state index in [0.29, 0.717) is 11.3 Å². The molecule has 216 valence electrons. The Bertz CT molecular complexity index is 1940. The number of rotatable bonds is 5. The fourth-order valence-corrected chi connectivity index (χ4v) is 6.89. The van der Waals surface area contributed by atoms with Crippen LogP contribution in [0.2, 0.25) is 0 Å². The van der Waals surface area contributed by atoms with Crippen molar-refractivity contribution in [2.45, 2.75) is 18.3 Å². The Morgan fingerprint density at radius 1 is 0.932 bits per heavy atom. The lowest BCUT2D eigenvalue weighted by atomic mass is 9.95. The minimum absolute atomic E-state index is 0.120. The Hall–Kier alpha value is -5.28. The Labute approximate surface area is 258 Å². The van der Waals surface area contributed by atoms with Crippen LogP contribution in [-0.4, -0.2) is 38.7 Å². The fourth-order valence-electron chi connectivity index (χ4n) is 5.99. The first kappa shape index (κ1) is 26.4. The van der Waals surface area contributed by atoms with E-state index >= 15 is 0 Å². The van der Waals surface area contributed by atoms with Crippen LogP contribution >= 0.6 is 11.8 Å². The number of thioether (sulfide) groups is 1. The molecule has 1 N–H and O–H groups in total. The molecule has 0 radical (unpaired) electrons. The minimum Gasteiger partial charge on any atom is -0.497 e. The molecule has 0 aliphatic carbocycles. The number of aromatic nitrogens is 2. The summed E-state index contributed by atoms with van der Waals surface area (Å²) in [5, 5.41) is 15.0. The van der Waals surface area contributed by atoms with Gasteiger partial charge in [-0.3, -0.25) is 10.1 Å². The van der Waals surface area contributed by atoms with E-state index in [1.165, 1.54) is 0 Å². The number of amides is 1. The van der Waals surface area contributed by atoms with Gasteiger partial charge in [-0.05, 0) is 65.9 Å². The number of hydrogen-bond donors (Lipinski definition) is 1. The molecule has 2 atom stereocenters. The van der Waals surface area contributed by atoms with E-state index in [1.54, 1.807) is 7.11 Å². The zero-order valence-corrected chi connectivity index (χ0v) is 24.6. The maximum Gasteiger partial charge on any atom is 0.314 e. The number of ether oxygens (including phenoxy) is 2. The van der Waals surface area contributed by atoms with Gasteiger partial charge in [-0.1, -0.05) is 66.7 Å². The average molecular weight is 598 g/mol. The number of methoxy groups -OCH3 is 1. The Balaban J connectivity index is 1.29. The van der Waals surface area contributed by atoms with Crippen LogP contribution in [0.5, 0.6) is 11.5 Å².